The predicted molar refractivity (Wildman–Crippen MR) is 96.0 cm³/mol. The maximum atomic E-state index is 11.1. The normalized spacial score (nSPS) is 10.5. The minimum absolute atomic E-state index is 0. The second kappa shape index (κ2) is 19.7. The molecule has 0 spiro atoms. The molecule has 0 aromatic heterocycles. The Morgan fingerprint density at radius 1 is 0.783 bits per heavy atom. The Kier molecular flexibility index (Phi) is 21.4. The van der Waals surface area contributed by atoms with Crippen molar-refractivity contribution in [2.45, 2.75) is 84.0 Å². The van der Waals surface area contributed by atoms with Gasteiger partial charge in [0.1, 0.15) is 0 Å². The second-order valence-electron chi connectivity index (χ2n) is 5.73. The van der Waals surface area contributed by atoms with Gasteiger partial charge in [-0.2, -0.15) is 0 Å². The third-order valence-electron chi connectivity index (χ3n) is 3.60. The first-order chi connectivity index (χ1) is 10.7. The van der Waals surface area contributed by atoms with Crippen LogP contribution in [0.25, 0.3) is 0 Å². The molecule has 0 bridgehead atoms. The number of hydrogen-bond acceptors (Lipinski definition) is 3. The van der Waals surface area contributed by atoms with Gasteiger partial charge in [-0.25, -0.2) is 9.59 Å². The molecule has 0 unspecified atom stereocenters. The number of hydrogen-bond donors (Lipinski definition) is 1. The van der Waals surface area contributed by atoms with E-state index in [1.165, 1.54) is 64.2 Å². The fraction of sp³-hybridized carbons (Fsp3) is 0.778. The Morgan fingerprint density at radius 2 is 1.22 bits per heavy atom. The molecule has 0 rings (SSSR count). The molecule has 0 aromatic rings. The van der Waals surface area contributed by atoms with Crippen LogP contribution in [-0.4, -0.2) is 53.2 Å². The van der Waals surface area contributed by atoms with E-state index in [1.807, 2.05) is 0 Å². The fourth-order valence-electron chi connectivity index (χ4n) is 2.30. The molecule has 0 aromatic carbocycles. The number of rotatable bonds is 15. The first-order valence-corrected chi connectivity index (χ1v) is 8.74. The molecular formula is C18H33NaO4. The predicted octanol–water partition coefficient (Wildman–Crippen LogP) is 4.22. The Hall–Kier alpha value is -0.320. The van der Waals surface area contributed by atoms with Crippen LogP contribution in [0.1, 0.15) is 84.0 Å². The van der Waals surface area contributed by atoms with E-state index in [4.69, 9.17) is 9.84 Å². The number of carbonyl (C=O) groups excluding carboxylic acids is 1. The van der Waals surface area contributed by atoms with E-state index in [0.29, 0.717) is 6.61 Å². The summed E-state index contributed by atoms with van der Waals surface area (Å²) in [5, 5.41) is 8.35. The molecule has 0 radical (unpaired) electrons. The monoisotopic (exact) mass is 336 g/mol. The van der Waals surface area contributed by atoms with Crippen LogP contribution in [0.5, 0.6) is 0 Å². The quantitative estimate of drug-likeness (QED) is 0.210. The average molecular weight is 336 g/mol. The molecule has 0 aliphatic heterocycles. The van der Waals surface area contributed by atoms with Crippen LogP contribution >= 0.6 is 0 Å². The van der Waals surface area contributed by atoms with E-state index >= 15 is 0 Å². The Bertz CT molecular complexity index is 316. The van der Waals surface area contributed by atoms with Gasteiger partial charge in [-0.1, -0.05) is 77.6 Å². The molecule has 5 heteroatoms. The molecule has 1 N–H and O–H groups in total. The van der Waals surface area contributed by atoms with Gasteiger partial charge in [-0.15, -0.1) is 0 Å². The Labute approximate surface area is 163 Å². The summed E-state index contributed by atoms with van der Waals surface area (Å²) in [6, 6.07) is 0. The number of aliphatic carboxylic acids is 1. The molecule has 23 heavy (non-hydrogen) atoms. The summed E-state index contributed by atoms with van der Waals surface area (Å²) < 4.78 is 4.90. The average Bonchev–Trinajstić information content (AvgIpc) is 2.49. The molecule has 4 nitrogen and oxygen atoms in total. The fourth-order valence-corrected chi connectivity index (χ4v) is 2.30. The van der Waals surface area contributed by atoms with Crippen LogP contribution in [0.4, 0.5) is 0 Å². The van der Waals surface area contributed by atoms with Crippen molar-refractivity contribution in [3.8, 4) is 0 Å². The first kappa shape index (κ1) is 24.9. The van der Waals surface area contributed by atoms with Crippen molar-refractivity contribution >= 4 is 41.5 Å². The number of unbranched alkanes of at least 4 members (excludes halogenated alkanes) is 11. The number of carbonyl (C=O) groups is 2. The van der Waals surface area contributed by atoms with Crippen molar-refractivity contribution in [2.24, 2.45) is 0 Å². The van der Waals surface area contributed by atoms with Gasteiger partial charge in [0.25, 0.3) is 0 Å². The summed E-state index contributed by atoms with van der Waals surface area (Å²) in [6.07, 6.45) is 16.9. The third kappa shape index (κ3) is 21.7. The Balaban J connectivity index is 0. The van der Waals surface area contributed by atoms with Gasteiger partial charge in [0, 0.05) is 12.2 Å². The zero-order valence-electron chi connectivity index (χ0n) is 14.0. The van der Waals surface area contributed by atoms with Crippen LogP contribution in [-0.2, 0) is 14.3 Å². The van der Waals surface area contributed by atoms with E-state index in [0.717, 1.165) is 25.0 Å². The van der Waals surface area contributed by atoms with Crippen molar-refractivity contribution in [3.63, 3.8) is 0 Å². The topological polar surface area (TPSA) is 63.6 Å². The van der Waals surface area contributed by atoms with Crippen molar-refractivity contribution in [1.29, 1.82) is 0 Å². The van der Waals surface area contributed by atoms with Crippen molar-refractivity contribution in [3.05, 3.63) is 12.2 Å². The van der Waals surface area contributed by atoms with Gasteiger partial charge in [0.2, 0.25) is 0 Å². The van der Waals surface area contributed by atoms with Crippen molar-refractivity contribution < 1.29 is 19.4 Å². The SMILES string of the molecule is CCCCCCCCCCCCCCOC(=O)/C=C/C(=O)O.[NaH]. The van der Waals surface area contributed by atoms with Crippen LogP contribution < -0.4 is 0 Å². The molecule has 0 fully saturated rings. The molecule has 0 aliphatic carbocycles. The third-order valence-corrected chi connectivity index (χ3v) is 3.60. The van der Waals surface area contributed by atoms with Gasteiger partial charge in [0.15, 0.2) is 0 Å². The standard InChI is InChI=1S/C18H32O4.Na.H/c1-2-3-4-5-6-7-8-9-10-11-12-13-16-22-18(21)15-14-17(19)20;;/h14-15H,2-13,16H2,1H3,(H,19,20);;/b15-14+;;. The minimum atomic E-state index is -1.14. The van der Waals surface area contributed by atoms with Gasteiger partial charge in [0.05, 0.1) is 6.61 Å². The summed E-state index contributed by atoms with van der Waals surface area (Å²) in [4.78, 5) is 21.3. The van der Waals surface area contributed by atoms with Crippen LogP contribution in [0, 0.1) is 0 Å². The van der Waals surface area contributed by atoms with Gasteiger partial charge < -0.3 is 9.84 Å². The van der Waals surface area contributed by atoms with Crippen LogP contribution in [0.3, 0.4) is 0 Å². The summed E-state index contributed by atoms with van der Waals surface area (Å²) in [5.74, 6) is -1.72. The van der Waals surface area contributed by atoms with Gasteiger partial charge in [-0.05, 0) is 6.42 Å². The number of carboxylic acid groups (broad SMARTS) is 1. The second-order valence-corrected chi connectivity index (χ2v) is 5.73. The molecule has 0 amide bonds. The van der Waals surface area contributed by atoms with Crippen LogP contribution in [0.15, 0.2) is 12.2 Å². The molecule has 0 saturated heterocycles. The van der Waals surface area contributed by atoms with E-state index < -0.39 is 11.9 Å². The van der Waals surface area contributed by atoms with E-state index in [9.17, 15) is 9.59 Å². The molecule has 130 valence electrons. The zero-order chi connectivity index (χ0) is 16.5. The molecule has 0 heterocycles. The number of esters is 1. The van der Waals surface area contributed by atoms with Crippen molar-refractivity contribution in [1.82, 2.24) is 0 Å². The van der Waals surface area contributed by atoms with E-state index in [-0.39, 0.29) is 29.6 Å². The first-order valence-electron chi connectivity index (χ1n) is 8.74. The summed E-state index contributed by atoms with van der Waals surface area (Å²) >= 11 is 0. The molecule has 0 aliphatic rings. The zero-order valence-corrected chi connectivity index (χ0v) is 14.0. The maximum absolute atomic E-state index is 11.1. The van der Waals surface area contributed by atoms with E-state index in [2.05, 4.69) is 6.92 Å². The Morgan fingerprint density at radius 3 is 1.65 bits per heavy atom. The van der Waals surface area contributed by atoms with Crippen LogP contribution in [0.2, 0.25) is 0 Å². The van der Waals surface area contributed by atoms with Gasteiger partial charge in [-0.3, -0.25) is 0 Å². The molecule has 0 saturated carbocycles. The number of carboxylic acids is 1. The summed E-state index contributed by atoms with van der Waals surface area (Å²) in [7, 11) is 0. The number of ether oxygens (including phenoxy) is 1. The summed E-state index contributed by atoms with van der Waals surface area (Å²) in [6.45, 7) is 2.62. The summed E-state index contributed by atoms with van der Waals surface area (Å²) in [5.41, 5.74) is 0. The van der Waals surface area contributed by atoms with Gasteiger partial charge >= 0.3 is 41.5 Å². The molecule has 0 atom stereocenters. The molecular weight excluding hydrogens is 303 g/mol. The van der Waals surface area contributed by atoms with E-state index in [1.54, 1.807) is 0 Å². The van der Waals surface area contributed by atoms with Crippen molar-refractivity contribution in [2.75, 3.05) is 6.61 Å².